The molecule has 1 fully saturated rings. The van der Waals surface area contributed by atoms with Gasteiger partial charge in [-0.15, -0.1) is 0 Å². The van der Waals surface area contributed by atoms with E-state index in [4.69, 9.17) is 11.6 Å². The lowest BCUT2D eigenvalue weighted by Gasteiger charge is -2.34. The molecule has 0 saturated carbocycles. The van der Waals surface area contributed by atoms with Crippen molar-refractivity contribution in [1.29, 1.82) is 0 Å². The van der Waals surface area contributed by atoms with Gasteiger partial charge in [-0.2, -0.15) is 9.40 Å². The Bertz CT molecular complexity index is 1230. The molecule has 9 heteroatoms. The van der Waals surface area contributed by atoms with Gasteiger partial charge in [0.05, 0.1) is 16.3 Å². The van der Waals surface area contributed by atoms with E-state index in [0.717, 1.165) is 16.9 Å². The van der Waals surface area contributed by atoms with E-state index < -0.39 is 10.0 Å². The van der Waals surface area contributed by atoms with Gasteiger partial charge in [0.15, 0.2) is 5.78 Å². The molecule has 1 aliphatic heterocycles. The van der Waals surface area contributed by atoms with Crippen LogP contribution in [0, 0.1) is 6.92 Å². The SMILES string of the molecule is CC(=O)c1cccc(S(=O)(=O)N2CCN(Cc3c(C)nn(-c4ccccc4)c3Cl)CC2)c1. The first kappa shape index (κ1) is 22.7. The topological polar surface area (TPSA) is 75.5 Å². The third kappa shape index (κ3) is 4.49. The smallest absolute Gasteiger partial charge is 0.243 e. The zero-order chi connectivity index (χ0) is 22.9. The Hall–Kier alpha value is -2.52. The third-order valence-electron chi connectivity index (χ3n) is 5.71. The van der Waals surface area contributed by atoms with Gasteiger partial charge < -0.3 is 0 Å². The Labute approximate surface area is 193 Å². The predicted molar refractivity (Wildman–Crippen MR) is 124 cm³/mol. The minimum atomic E-state index is -3.65. The number of hydrogen-bond donors (Lipinski definition) is 0. The van der Waals surface area contributed by atoms with E-state index in [1.165, 1.54) is 23.4 Å². The van der Waals surface area contributed by atoms with E-state index in [1.54, 1.807) is 16.8 Å². The van der Waals surface area contributed by atoms with Gasteiger partial charge in [0.2, 0.25) is 10.0 Å². The zero-order valence-electron chi connectivity index (χ0n) is 18.0. The molecule has 2 heterocycles. The number of ketones is 1. The molecule has 0 aliphatic carbocycles. The summed E-state index contributed by atoms with van der Waals surface area (Å²) in [5.74, 6) is -0.157. The summed E-state index contributed by atoms with van der Waals surface area (Å²) in [4.78, 5) is 14.0. The van der Waals surface area contributed by atoms with Gasteiger partial charge in [-0.3, -0.25) is 9.69 Å². The number of nitrogens with zero attached hydrogens (tertiary/aromatic N) is 4. The van der Waals surface area contributed by atoms with Crippen molar-refractivity contribution in [3.8, 4) is 5.69 Å². The fourth-order valence-electron chi connectivity index (χ4n) is 3.83. The van der Waals surface area contributed by atoms with Crippen LogP contribution in [0.25, 0.3) is 5.69 Å². The van der Waals surface area contributed by atoms with Crippen molar-refractivity contribution in [1.82, 2.24) is 19.0 Å². The molecule has 2 aromatic carbocycles. The van der Waals surface area contributed by atoms with Crippen LogP contribution in [0.3, 0.4) is 0 Å². The van der Waals surface area contributed by atoms with Crippen LogP contribution >= 0.6 is 11.6 Å². The Morgan fingerprint density at radius 3 is 2.38 bits per heavy atom. The highest BCUT2D eigenvalue weighted by molar-refractivity contribution is 7.89. The first-order chi connectivity index (χ1) is 15.3. The van der Waals surface area contributed by atoms with Gasteiger partial charge in [-0.1, -0.05) is 41.9 Å². The molecule has 1 saturated heterocycles. The lowest BCUT2D eigenvalue weighted by atomic mass is 10.2. The Balaban J connectivity index is 1.45. The first-order valence-electron chi connectivity index (χ1n) is 10.4. The van der Waals surface area contributed by atoms with Gasteiger partial charge >= 0.3 is 0 Å². The van der Waals surface area contributed by atoms with Crippen LogP contribution < -0.4 is 0 Å². The summed E-state index contributed by atoms with van der Waals surface area (Å²) in [6, 6.07) is 15.9. The summed E-state index contributed by atoms with van der Waals surface area (Å²) < 4.78 is 29.3. The standard InChI is InChI=1S/C23H25ClN4O3S/c1-17-22(23(24)28(25-17)20-8-4-3-5-9-20)16-26-11-13-27(14-12-26)32(30,31)21-10-6-7-19(15-21)18(2)29/h3-10,15H,11-14,16H2,1-2H3. The quantitative estimate of drug-likeness (QED) is 0.513. The molecular weight excluding hydrogens is 448 g/mol. The summed E-state index contributed by atoms with van der Waals surface area (Å²) in [5, 5.41) is 5.16. The maximum absolute atomic E-state index is 13.1. The summed E-state index contributed by atoms with van der Waals surface area (Å²) in [5.41, 5.74) is 3.09. The number of carbonyl (C=O) groups excluding carboxylic acids is 1. The van der Waals surface area contributed by atoms with Crippen LogP contribution in [0.1, 0.15) is 28.5 Å². The van der Waals surface area contributed by atoms with Crippen LogP contribution in [0.5, 0.6) is 0 Å². The van der Waals surface area contributed by atoms with Crippen LogP contribution in [0.15, 0.2) is 59.5 Å². The minimum absolute atomic E-state index is 0.154. The molecule has 1 aromatic heterocycles. The lowest BCUT2D eigenvalue weighted by molar-refractivity contribution is 0.101. The molecule has 0 radical (unpaired) electrons. The highest BCUT2D eigenvalue weighted by Gasteiger charge is 2.29. The normalized spacial score (nSPS) is 15.7. The monoisotopic (exact) mass is 472 g/mol. The van der Waals surface area contributed by atoms with Crippen molar-refractivity contribution in [2.75, 3.05) is 26.2 Å². The molecule has 1 aliphatic rings. The molecule has 0 unspecified atom stereocenters. The number of benzene rings is 2. The van der Waals surface area contributed by atoms with Crippen molar-refractivity contribution in [2.24, 2.45) is 0 Å². The second kappa shape index (κ2) is 9.15. The third-order valence-corrected chi connectivity index (χ3v) is 8.00. The molecular formula is C23H25ClN4O3S. The number of piperazine rings is 1. The van der Waals surface area contributed by atoms with Gasteiger partial charge in [0.1, 0.15) is 5.15 Å². The number of halogens is 1. The molecule has 32 heavy (non-hydrogen) atoms. The van der Waals surface area contributed by atoms with Gasteiger partial charge in [-0.25, -0.2) is 13.1 Å². The molecule has 3 aromatic rings. The summed E-state index contributed by atoms with van der Waals surface area (Å²) in [6.45, 7) is 5.87. The predicted octanol–water partition coefficient (Wildman–Crippen LogP) is 3.54. The maximum Gasteiger partial charge on any atom is 0.243 e. The summed E-state index contributed by atoms with van der Waals surface area (Å²) in [7, 11) is -3.65. The molecule has 0 N–H and O–H groups in total. The Kier molecular flexibility index (Phi) is 6.48. The molecule has 7 nitrogen and oxygen atoms in total. The van der Waals surface area contributed by atoms with Crippen molar-refractivity contribution in [3.05, 3.63) is 76.6 Å². The highest BCUT2D eigenvalue weighted by atomic mass is 35.5. The second-order valence-electron chi connectivity index (χ2n) is 7.87. The number of carbonyl (C=O) groups is 1. The Morgan fingerprint density at radius 1 is 1.03 bits per heavy atom. The van der Waals surface area contributed by atoms with Crippen LogP contribution in [-0.2, 0) is 16.6 Å². The second-order valence-corrected chi connectivity index (χ2v) is 10.2. The zero-order valence-corrected chi connectivity index (χ0v) is 19.6. The van der Waals surface area contributed by atoms with Gasteiger partial charge in [0, 0.05) is 43.9 Å². The van der Waals surface area contributed by atoms with E-state index in [0.29, 0.717) is 43.4 Å². The number of sulfonamides is 1. The molecule has 0 spiro atoms. The van der Waals surface area contributed by atoms with Crippen molar-refractivity contribution >= 4 is 27.4 Å². The largest absolute Gasteiger partial charge is 0.296 e. The minimum Gasteiger partial charge on any atom is -0.296 e. The summed E-state index contributed by atoms with van der Waals surface area (Å²) in [6.07, 6.45) is 0. The van der Waals surface area contributed by atoms with Gasteiger partial charge in [0.25, 0.3) is 0 Å². The molecule has 0 amide bonds. The highest BCUT2D eigenvalue weighted by Crippen LogP contribution is 2.26. The van der Waals surface area contributed by atoms with Crippen molar-refractivity contribution < 1.29 is 13.2 Å². The van der Waals surface area contributed by atoms with Crippen LogP contribution in [-0.4, -0.2) is 59.4 Å². The number of hydrogen-bond acceptors (Lipinski definition) is 5. The number of aryl methyl sites for hydroxylation is 1. The lowest BCUT2D eigenvalue weighted by Crippen LogP contribution is -2.48. The van der Waals surface area contributed by atoms with E-state index in [-0.39, 0.29) is 10.7 Å². The van der Waals surface area contributed by atoms with E-state index in [9.17, 15) is 13.2 Å². The van der Waals surface area contributed by atoms with Gasteiger partial charge in [-0.05, 0) is 38.1 Å². The van der Waals surface area contributed by atoms with E-state index in [2.05, 4.69) is 10.00 Å². The molecule has 0 bridgehead atoms. The van der Waals surface area contributed by atoms with Crippen molar-refractivity contribution in [2.45, 2.75) is 25.3 Å². The molecule has 0 atom stereocenters. The van der Waals surface area contributed by atoms with E-state index >= 15 is 0 Å². The van der Waals surface area contributed by atoms with Crippen molar-refractivity contribution in [3.63, 3.8) is 0 Å². The Morgan fingerprint density at radius 2 is 1.72 bits per heavy atom. The number of para-hydroxylation sites is 1. The molecule has 168 valence electrons. The van der Waals surface area contributed by atoms with E-state index in [1.807, 2.05) is 37.3 Å². The summed E-state index contributed by atoms with van der Waals surface area (Å²) >= 11 is 6.64. The maximum atomic E-state index is 13.1. The average Bonchev–Trinajstić information content (AvgIpc) is 3.08. The van der Waals surface area contributed by atoms with Crippen LogP contribution in [0.4, 0.5) is 0 Å². The first-order valence-corrected chi connectivity index (χ1v) is 12.2. The number of aromatic nitrogens is 2. The number of rotatable bonds is 6. The van der Waals surface area contributed by atoms with Crippen LogP contribution in [0.2, 0.25) is 5.15 Å². The number of Topliss-reactive ketones (excluding diaryl/α,β-unsaturated/α-hetero) is 1. The average molecular weight is 473 g/mol. The molecule has 4 rings (SSSR count). The fourth-order valence-corrected chi connectivity index (χ4v) is 5.63. The fraction of sp³-hybridized carbons (Fsp3) is 0.304.